The zero-order valence-corrected chi connectivity index (χ0v) is 21.7. The number of amides is 3. The number of nitrogens with zero attached hydrogens (tertiary/aromatic N) is 1. The molecule has 0 radical (unpaired) electrons. The minimum atomic E-state index is -2.75. The summed E-state index contributed by atoms with van der Waals surface area (Å²) in [4.78, 5) is 49.0. The van der Waals surface area contributed by atoms with E-state index >= 15 is 0 Å². The Kier molecular flexibility index (Phi) is 15.3. The number of carbonyl (C=O) groups excluding carboxylic acids is 4. The Morgan fingerprint density at radius 2 is 1.42 bits per heavy atom. The number of hydrogen-bond acceptors (Lipinski definition) is 10. The van der Waals surface area contributed by atoms with E-state index < -0.39 is 32.0 Å². The molecule has 13 heteroatoms. The molecule has 0 aromatic carbocycles. The standard InChI is InChI=1S/C20H34N2O9SSi/c1-15(2)17(23)30-11-9-21-19(25)22(10-12-31-18(24)16(3)4)20(26)32-13-8-14-33(27-5,28-6)29-7/h1,3,8-14H2,2,4-7H3,(H,21,25). The zero-order chi connectivity index (χ0) is 25.4. The van der Waals surface area contributed by atoms with E-state index in [2.05, 4.69) is 18.5 Å². The zero-order valence-electron chi connectivity index (χ0n) is 19.9. The molecule has 0 bridgehead atoms. The Balaban J connectivity index is 4.84. The highest BCUT2D eigenvalue weighted by Gasteiger charge is 2.37. The molecule has 0 aromatic heterocycles. The van der Waals surface area contributed by atoms with Crippen LogP contribution < -0.4 is 5.32 Å². The third-order valence-corrected chi connectivity index (χ3v) is 7.90. The van der Waals surface area contributed by atoms with Crippen LogP contribution in [-0.4, -0.2) is 90.3 Å². The number of nitrogens with one attached hydrogen (secondary N) is 1. The van der Waals surface area contributed by atoms with Crippen molar-refractivity contribution in [3.05, 3.63) is 24.3 Å². The van der Waals surface area contributed by atoms with Crippen LogP contribution >= 0.6 is 11.8 Å². The first-order chi connectivity index (χ1) is 15.5. The van der Waals surface area contributed by atoms with Crippen LogP contribution in [0.1, 0.15) is 20.3 Å². The number of rotatable bonds is 15. The number of hydrogen-bond donors (Lipinski definition) is 1. The fraction of sp³-hybridized carbons (Fsp3) is 0.600. The van der Waals surface area contributed by atoms with Gasteiger partial charge in [-0.1, -0.05) is 24.9 Å². The molecule has 0 atom stereocenters. The van der Waals surface area contributed by atoms with E-state index in [1.807, 2.05) is 0 Å². The maximum Gasteiger partial charge on any atom is 0.500 e. The van der Waals surface area contributed by atoms with Crippen LogP contribution in [0.5, 0.6) is 0 Å². The molecule has 0 rings (SSSR count). The van der Waals surface area contributed by atoms with Crippen molar-refractivity contribution >= 4 is 43.8 Å². The SMILES string of the molecule is C=C(C)C(=O)OCCNC(=O)N(CCOC(=O)C(=C)C)C(=O)SCCC[Si](OC)(OC)OC. The van der Waals surface area contributed by atoms with Gasteiger partial charge in [0.25, 0.3) is 5.24 Å². The molecule has 0 saturated heterocycles. The largest absolute Gasteiger partial charge is 0.500 e. The number of urea groups is 1. The van der Waals surface area contributed by atoms with Gasteiger partial charge in [-0.2, -0.15) is 0 Å². The second-order valence-corrected chi connectivity index (χ2v) is 10.9. The third kappa shape index (κ3) is 12.0. The normalized spacial score (nSPS) is 10.8. The molecule has 0 aliphatic rings. The lowest BCUT2D eigenvalue weighted by Gasteiger charge is -2.24. The summed E-state index contributed by atoms with van der Waals surface area (Å²) in [5.41, 5.74) is 0.435. The molecule has 0 heterocycles. The Morgan fingerprint density at radius 1 is 0.909 bits per heavy atom. The molecule has 0 unspecified atom stereocenters. The maximum absolute atomic E-state index is 12.6. The van der Waals surface area contributed by atoms with E-state index in [0.29, 0.717) is 18.2 Å². The molecule has 0 spiro atoms. The van der Waals surface area contributed by atoms with Gasteiger partial charge in [0.15, 0.2) is 0 Å². The number of imide groups is 1. The highest BCUT2D eigenvalue weighted by molar-refractivity contribution is 8.13. The van der Waals surface area contributed by atoms with E-state index in [1.165, 1.54) is 35.2 Å². The minimum absolute atomic E-state index is 0.0124. The molecule has 0 aromatic rings. The molecule has 11 nitrogen and oxygen atoms in total. The van der Waals surface area contributed by atoms with Crippen molar-refractivity contribution in [2.45, 2.75) is 26.3 Å². The van der Waals surface area contributed by atoms with Crippen LogP contribution in [0, 0.1) is 0 Å². The second-order valence-electron chi connectivity index (χ2n) is 6.73. The predicted molar refractivity (Wildman–Crippen MR) is 126 cm³/mol. The van der Waals surface area contributed by atoms with Crippen LogP contribution in [0.25, 0.3) is 0 Å². The van der Waals surface area contributed by atoms with Gasteiger partial charge in [-0.3, -0.25) is 9.69 Å². The number of carbonyl (C=O) groups is 4. The van der Waals surface area contributed by atoms with E-state index in [9.17, 15) is 19.2 Å². The van der Waals surface area contributed by atoms with Gasteiger partial charge in [0.1, 0.15) is 13.2 Å². The summed E-state index contributed by atoms with van der Waals surface area (Å²) < 4.78 is 25.9. The van der Waals surface area contributed by atoms with Crippen molar-refractivity contribution in [3.8, 4) is 0 Å². The molecule has 188 valence electrons. The molecule has 0 aliphatic heterocycles. The van der Waals surface area contributed by atoms with Crippen molar-refractivity contribution in [2.24, 2.45) is 0 Å². The Morgan fingerprint density at radius 3 is 1.91 bits per heavy atom. The molecular weight excluding hydrogens is 472 g/mol. The lowest BCUT2D eigenvalue weighted by molar-refractivity contribution is -0.139. The van der Waals surface area contributed by atoms with Crippen molar-refractivity contribution in [1.82, 2.24) is 10.2 Å². The average molecular weight is 507 g/mol. The lowest BCUT2D eigenvalue weighted by atomic mass is 10.4. The van der Waals surface area contributed by atoms with E-state index in [4.69, 9.17) is 22.8 Å². The van der Waals surface area contributed by atoms with Gasteiger partial charge in [-0.15, -0.1) is 0 Å². The molecule has 33 heavy (non-hydrogen) atoms. The van der Waals surface area contributed by atoms with Crippen LogP contribution in [-0.2, 0) is 32.3 Å². The number of thioether (sulfide) groups is 1. The quantitative estimate of drug-likeness (QED) is 0.153. The van der Waals surface area contributed by atoms with Crippen molar-refractivity contribution in [1.29, 1.82) is 0 Å². The van der Waals surface area contributed by atoms with Gasteiger partial charge in [0.05, 0.1) is 13.1 Å². The van der Waals surface area contributed by atoms with Gasteiger partial charge in [0, 0.05) is 44.3 Å². The first kappa shape index (κ1) is 30.8. The van der Waals surface area contributed by atoms with Crippen molar-refractivity contribution < 1.29 is 41.9 Å². The van der Waals surface area contributed by atoms with Crippen LogP contribution in [0.15, 0.2) is 24.3 Å². The minimum Gasteiger partial charge on any atom is -0.460 e. The molecule has 1 N–H and O–H groups in total. The van der Waals surface area contributed by atoms with Gasteiger partial charge in [-0.05, 0) is 20.3 Å². The van der Waals surface area contributed by atoms with Gasteiger partial charge < -0.3 is 28.1 Å². The molecular formula is C20H34N2O9SSi. The maximum atomic E-state index is 12.6. The van der Waals surface area contributed by atoms with E-state index in [-0.39, 0.29) is 37.4 Å². The van der Waals surface area contributed by atoms with Crippen LogP contribution in [0.3, 0.4) is 0 Å². The highest BCUT2D eigenvalue weighted by Crippen LogP contribution is 2.19. The second kappa shape index (κ2) is 16.4. The number of esters is 2. The van der Waals surface area contributed by atoms with E-state index in [0.717, 1.165) is 16.7 Å². The Bertz CT molecular complexity index is 705. The summed E-state index contributed by atoms with van der Waals surface area (Å²) in [7, 11) is 1.76. The predicted octanol–water partition coefficient (Wildman–Crippen LogP) is 2.36. The summed E-state index contributed by atoms with van der Waals surface area (Å²) in [6.45, 7) is 9.48. The first-order valence-electron chi connectivity index (χ1n) is 10.1. The van der Waals surface area contributed by atoms with Crippen molar-refractivity contribution in [3.63, 3.8) is 0 Å². The summed E-state index contributed by atoms with van der Waals surface area (Å²) in [5, 5.41) is 1.97. The lowest BCUT2D eigenvalue weighted by Crippen LogP contribution is -2.45. The average Bonchev–Trinajstić information content (AvgIpc) is 2.79. The molecule has 0 fully saturated rings. The highest BCUT2D eigenvalue weighted by atomic mass is 32.2. The molecule has 3 amide bonds. The van der Waals surface area contributed by atoms with Crippen molar-refractivity contribution in [2.75, 3.05) is 53.4 Å². The molecule has 0 saturated carbocycles. The summed E-state index contributed by atoms with van der Waals surface area (Å²) in [6.07, 6.45) is 0.551. The summed E-state index contributed by atoms with van der Waals surface area (Å²) in [6, 6.07) is -0.215. The van der Waals surface area contributed by atoms with E-state index in [1.54, 1.807) is 0 Å². The monoisotopic (exact) mass is 506 g/mol. The van der Waals surface area contributed by atoms with Crippen LogP contribution in [0.2, 0.25) is 6.04 Å². The summed E-state index contributed by atoms with van der Waals surface area (Å²) in [5.74, 6) is -0.820. The topological polar surface area (TPSA) is 130 Å². The Labute approximate surface area is 200 Å². The van der Waals surface area contributed by atoms with Gasteiger partial charge >= 0.3 is 26.8 Å². The third-order valence-electron chi connectivity index (χ3n) is 4.11. The fourth-order valence-corrected chi connectivity index (χ4v) is 5.00. The van der Waals surface area contributed by atoms with Gasteiger partial charge in [-0.25, -0.2) is 14.4 Å². The first-order valence-corrected chi connectivity index (χ1v) is 13.0. The van der Waals surface area contributed by atoms with Crippen LogP contribution in [0.4, 0.5) is 9.59 Å². The van der Waals surface area contributed by atoms with Gasteiger partial charge in [0.2, 0.25) is 0 Å². The molecule has 0 aliphatic carbocycles. The smallest absolute Gasteiger partial charge is 0.460 e. The number of ether oxygens (including phenoxy) is 2. The fourth-order valence-electron chi connectivity index (χ4n) is 2.23. The summed E-state index contributed by atoms with van der Waals surface area (Å²) >= 11 is 0.925. The Hall–Kier alpha value is -2.19.